The average molecular weight is 222 g/mol. The van der Waals surface area contributed by atoms with Crippen molar-refractivity contribution in [3.63, 3.8) is 0 Å². The highest BCUT2D eigenvalue weighted by Crippen LogP contribution is 2.56. The van der Waals surface area contributed by atoms with Gasteiger partial charge in [-0.05, 0) is 54.3 Å². The van der Waals surface area contributed by atoms with Gasteiger partial charge in [0.25, 0.3) is 0 Å². The van der Waals surface area contributed by atoms with Crippen LogP contribution in [0.1, 0.15) is 60.3 Å². The molecular formula is C16H30. The molecule has 0 spiro atoms. The summed E-state index contributed by atoms with van der Waals surface area (Å²) in [6.45, 7) is 12.4. The van der Waals surface area contributed by atoms with E-state index in [9.17, 15) is 0 Å². The zero-order chi connectivity index (χ0) is 11.9. The van der Waals surface area contributed by atoms with Crippen molar-refractivity contribution in [1.29, 1.82) is 0 Å². The van der Waals surface area contributed by atoms with E-state index in [2.05, 4.69) is 34.6 Å². The number of fused-ring (bicyclic) bond motifs is 1. The third-order valence-electron chi connectivity index (χ3n) is 6.37. The Balaban J connectivity index is 2.18. The van der Waals surface area contributed by atoms with E-state index in [1.54, 1.807) is 0 Å². The fourth-order valence-electron chi connectivity index (χ4n) is 5.32. The minimum atomic E-state index is 0.970. The molecular weight excluding hydrogens is 192 g/mol. The molecule has 0 heteroatoms. The molecule has 2 aliphatic rings. The predicted octanol–water partition coefficient (Wildman–Crippen LogP) is 4.99. The predicted molar refractivity (Wildman–Crippen MR) is 71.3 cm³/mol. The third kappa shape index (κ3) is 1.73. The lowest BCUT2D eigenvalue weighted by Crippen LogP contribution is -2.33. The highest BCUT2D eigenvalue weighted by atomic mass is 14.5. The van der Waals surface area contributed by atoms with Gasteiger partial charge in [0, 0.05) is 0 Å². The zero-order valence-electron chi connectivity index (χ0n) is 11.9. The quantitative estimate of drug-likeness (QED) is 0.617. The van der Waals surface area contributed by atoms with Crippen LogP contribution in [0.25, 0.3) is 0 Å². The average Bonchev–Trinajstić information content (AvgIpc) is 2.53. The van der Waals surface area contributed by atoms with Crippen LogP contribution in [0, 0.1) is 41.4 Å². The molecule has 2 rings (SSSR count). The summed E-state index contributed by atoms with van der Waals surface area (Å²) in [7, 11) is 0. The molecule has 2 fully saturated rings. The smallest absolute Gasteiger partial charge is 0.0326 e. The van der Waals surface area contributed by atoms with Crippen LogP contribution < -0.4 is 0 Å². The van der Waals surface area contributed by atoms with Crippen LogP contribution in [-0.4, -0.2) is 0 Å². The summed E-state index contributed by atoms with van der Waals surface area (Å²) >= 11 is 0. The van der Waals surface area contributed by atoms with Gasteiger partial charge in [-0.2, -0.15) is 0 Å². The number of hydrogen-bond donors (Lipinski definition) is 0. The molecule has 0 nitrogen and oxygen atoms in total. The topological polar surface area (TPSA) is 0 Å². The van der Waals surface area contributed by atoms with Crippen molar-refractivity contribution in [2.24, 2.45) is 41.4 Å². The van der Waals surface area contributed by atoms with E-state index in [1.165, 1.54) is 25.7 Å². The first kappa shape index (κ1) is 12.5. The first-order valence-electron chi connectivity index (χ1n) is 7.61. The van der Waals surface area contributed by atoms with Crippen LogP contribution >= 0.6 is 0 Å². The molecule has 7 unspecified atom stereocenters. The normalized spacial score (nSPS) is 52.7. The molecule has 0 aromatic rings. The minimum absolute atomic E-state index is 0.970. The molecule has 0 amide bonds. The lowest BCUT2D eigenvalue weighted by Gasteiger charge is -2.41. The summed E-state index contributed by atoms with van der Waals surface area (Å²) < 4.78 is 0. The Hall–Kier alpha value is 0. The molecule has 0 aromatic carbocycles. The van der Waals surface area contributed by atoms with Gasteiger partial charge in [0.15, 0.2) is 0 Å². The number of hydrogen-bond acceptors (Lipinski definition) is 0. The van der Waals surface area contributed by atoms with Gasteiger partial charge < -0.3 is 0 Å². The Morgan fingerprint density at radius 1 is 0.812 bits per heavy atom. The first-order valence-corrected chi connectivity index (χ1v) is 7.61. The monoisotopic (exact) mass is 222 g/mol. The molecule has 7 atom stereocenters. The maximum absolute atomic E-state index is 2.55. The first-order chi connectivity index (χ1) is 7.61. The second kappa shape index (κ2) is 4.70. The van der Waals surface area contributed by atoms with Crippen molar-refractivity contribution in [2.75, 3.05) is 0 Å². The van der Waals surface area contributed by atoms with Crippen LogP contribution in [0.2, 0.25) is 0 Å². The summed E-state index contributed by atoms with van der Waals surface area (Å²) in [6, 6.07) is 0. The van der Waals surface area contributed by atoms with Gasteiger partial charge in [-0.15, -0.1) is 0 Å². The summed E-state index contributed by atoms with van der Waals surface area (Å²) in [5, 5.41) is 0. The maximum atomic E-state index is 2.55. The van der Waals surface area contributed by atoms with Gasteiger partial charge in [0.2, 0.25) is 0 Å². The molecule has 0 aliphatic heterocycles. The van der Waals surface area contributed by atoms with Crippen molar-refractivity contribution in [3.8, 4) is 0 Å². The second-order valence-electron chi connectivity index (χ2n) is 6.64. The lowest BCUT2D eigenvalue weighted by atomic mass is 9.64. The Labute approximate surface area is 102 Å². The van der Waals surface area contributed by atoms with Gasteiger partial charge in [-0.3, -0.25) is 0 Å². The summed E-state index contributed by atoms with van der Waals surface area (Å²) in [6.07, 6.45) is 5.86. The molecule has 2 saturated carbocycles. The van der Waals surface area contributed by atoms with Crippen molar-refractivity contribution in [3.05, 3.63) is 0 Å². The van der Waals surface area contributed by atoms with Gasteiger partial charge >= 0.3 is 0 Å². The molecule has 0 bridgehead atoms. The van der Waals surface area contributed by atoms with Crippen LogP contribution in [-0.2, 0) is 0 Å². The van der Waals surface area contributed by atoms with Crippen molar-refractivity contribution < 1.29 is 0 Å². The van der Waals surface area contributed by atoms with E-state index in [0.29, 0.717) is 0 Å². The standard InChI is InChI=1S/C16H30/c1-6-13-8-9-15-14(7-2)10(3)11(4)16(15)12(13)5/h10-16H,6-9H2,1-5H3. The van der Waals surface area contributed by atoms with E-state index >= 15 is 0 Å². The molecule has 2 aliphatic carbocycles. The van der Waals surface area contributed by atoms with Crippen molar-refractivity contribution >= 4 is 0 Å². The van der Waals surface area contributed by atoms with Gasteiger partial charge in [0.05, 0.1) is 0 Å². The van der Waals surface area contributed by atoms with Crippen molar-refractivity contribution in [1.82, 2.24) is 0 Å². The van der Waals surface area contributed by atoms with Gasteiger partial charge in [-0.25, -0.2) is 0 Å². The zero-order valence-corrected chi connectivity index (χ0v) is 11.9. The highest BCUT2D eigenvalue weighted by molar-refractivity contribution is 4.98. The number of rotatable bonds is 2. The van der Waals surface area contributed by atoms with E-state index < -0.39 is 0 Å². The molecule has 0 N–H and O–H groups in total. The Kier molecular flexibility index (Phi) is 3.66. The summed E-state index contributed by atoms with van der Waals surface area (Å²) in [4.78, 5) is 0. The van der Waals surface area contributed by atoms with Crippen LogP contribution in [0.5, 0.6) is 0 Å². The second-order valence-corrected chi connectivity index (χ2v) is 6.64. The van der Waals surface area contributed by atoms with Gasteiger partial charge in [-0.1, -0.05) is 47.5 Å². The Morgan fingerprint density at radius 2 is 1.50 bits per heavy atom. The minimum Gasteiger partial charge on any atom is -0.0651 e. The molecule has 0 radical (unpaired) electrons. The van der Waals surface area contributed by atoms with Crippen LogP contribution in [0.4, 0.5) is 0 Å². The fourth-order valence-corrected chi connectivity index (χ4v) is 5.32. The SMILES string of the molecule is CCC1CCC2C(CC)C(C)C(C)C2C1C. The summed E-state index contributed by atoms with van der Waals surface area (Å²) in [5.74, 6) is 7.08. The lowest BCUT2D eigenvalue weighted by molar-refractivity contribution is 0.0823. The summed E-state index contributed by atoms with van der Waals surface area (Å²) in [5.41, 5.74) is 0. The van der Waals surface area contributed by atoms with E-state index in [-0.39, 0.29) is 0 Å². The van der Waals surface area contributed by atoms with Crippen LogP contribution in [0.3, 0.4) is 0 Å². The fraction of sp³-hybridized carbons (Fsp3) is 1.00. The van der Waals surface area contributed by atoms with E-state index in [4.69, 9.17) is 0 Å². The largest absolute Gasteiger partial charge is 0.0651 e. The van der Waals surface area contributed by atoms with Gasteiger partial charge in [0.1, 0.15) is 0 Å². The van der Waals surface area contributed by atoms with Crippen molar-refractivity contribution in [2.45, 2.75) is 60.3 Å². The molecule has 0 aromatic heterocycles. The highest BCUT2D eigenvalue weighted by Gasteiger charge is 2.50. The van der Waals surface area contributed by atoms with Crippen LogP contribution in [0.15, 0.2) is 0 Å². The molecule has 0 heterocycles. The van der Waals surface area contributed by atoms with E-state index in [1.807, 2.05) is 0 Å². The molecule has 94 valence electrons. The molecule has 0 saturated heterocycles. The Bertz CT molecular complexity index is 232. The third-order valence-corrected chi connectivity index (χ3v) is 6.37. The Morgan fingerprint density at radius 3 is 2.06 bits per heavy atom. The van der Waals surface area contributed by atoms with E-state index in [0.717, 1.165) is 41.4 Å². The molecule has 16 heavy (non-hydrogen) atoms. The maximum Gasteiger partial charge on any atom is -0.0326 e.